The molecule has 1 aliphatic rings. The first-order valence-corrected chi connectivity index (χ1v) is 3.89. The van der Waals surface area contributed by atoms with Gasteiger partial charge >= 0.3 is 0 Å². The van der Waals surface area contributed by atoms with E-state index < -0.39 is 0 Å². The third kappa shape index (κ3) is 2.89. The molecule has 2 heteroatoms. The molecule has 62 valence electrons. The molecule has 1 nitrogen and oxygen atoms in total. The molecule has 1 aliphatic carbocycles. The van der Waals surface area contributed by atoms with Crippen molar-refractivity contribution >= 4 is 12.4 Å². The van der Waals surface area contributed by atoms with E-state index in [2.05, 4.69) is 13.8 Å². The molecule has 0 radical (unpaired) electrons. The molecule has 0 aromatic carbocycles. The minimum atomic E-state index is 0. The second kappa shape index (κ2) is 3.59. The Kier molecular flexibility index (Phi) is 3.68. The molecule has 10 heavy (non-hydrogen) atoms. The second-order valence-electron chi connectivity index (χ2n) is 3.86. The third-order valence-corrected chi connectivity index (χ3v) is 2.26. The summed E-state index contributed by atoms with van der Waals surface area (Å²) < 4.78 is 0. The molecular formula is C8H18ClN. The quantitative estimate of drug-likeness (QED) is 0.583. The SMILES string of the molecule is C[C@H]1CCC[C@](C)(N)C1.Cl. The largest absolute Gasteiger partial charge is 0.325 e. The molecule has 2 N–H and O–H groups in total. The summed E-state index contributed by atoms with van der Waals surface area (Å²) >= 11 is 0. The average Bonchev–Trinajstić information content (AvgIpc) is 1.60. The molecule has 1 saturated carbocycles. The van der Waals surface area contributed by atoms with E-state index in [1.54, 1.807) is 0 Å². The Labute approximate surface area is 69.8 Å². The van der Waals surface area contributed by atoms with Crippen LogP contribution in [-0.4, -0.2) is 5.54 Å². The van der Waals surface area contributed by atoms with Crippen LogP contribution in [0.25, 0.3) is 0 Å². The Balaban J connectivity index is 0.000000810. The zero-order valence-corrected chi connectivity index (χ0v) is 7.71. The maximum atomic E-state index is 5.97. The number of rotatable bonds is 0. The first-order chi connectivity index (χ1) is 4.10. The van der Waals surface area contributed by atoms with Gasteiger partial charge in [-0.3, -0.25) is 0 Å². The number of halogens is 1. The van der Waals surface area contributed by atoms with Gasteiger partial charge in [0.1, 0.15) is 0 Å². The monoisotopic (exact) mass is 163 g/mol. The molecule has 1 fully saturated rings. The predicted octanol–water partition coefficient (Wildman–Crippen LogP) is 2.34. The van der Waals surface area contributed by atoms with Gasteiger partial charge in [-0.15, -0.1) is 12.4 Å². The van der Waals surface area contributed by atoms with E-state index in [0.717, 1.165) is 5.92 Å². The van der Waals surface area contributed by atoms with E-state index in [0.29, 0.717) is 0 Å². The zero-order valence-electron chi connectivity index (χ0n) is 6.89. The van der Waals surface area contributed by atoms with Crippen molar-refractivity contribution in [2.24, 2.45) is 11.7 Å². The molecule has 2 atom stereocenters. The van der Waals surface area contributed by atoms with Crippen LogP contribution >= 0.6 is 12.4 Å². The van der Waals surface area contributed by atoms with Gasteiger partial charge in [0.2, 0.25) is 0 Å². The molecule has 0 aliphatic heterocycles. The highest BCUT2D eigenvalue weighted by Gasteiger charge is 2.25. The van der Waals surface area contributed by atoms with Gasteiger partial charge in [0, 0.05) is 5.54 Å². The van der Waals surface area contributed by atoms with Gasteiger partial charge in [0.15, 0.2) is 0 Å². The average molecular weight is 164 g/mol. The summed E-state index contributed by atoms with van der Waals surface area (Å²) in [6.45, 7) is 4.47. The van der Waals surface area contributed by atoms with Gasteiger partial charge in [-0.25, -0.2) is 0 Å². The van der Waals surface area contributed by atoms with Crippen LogP contribution in [0.1, 0.15) is 39.5 Å². The number of hydrogen-bond acceptors (Lipinski definition) is 1. The standard InChI is InChI=1S/C8H17N.ClH/c1-7-4-3-5-8(2,9)6-7;/h7H,3-6,9H2,1-2H3;1H/t7-,8-;/m0./s1. The van der Waals surface area contributed by atoms with Gasteiger partial charge in [-0.05, 0) is 25.7 Å². The molecule has 0 saturated heterocycles. The van der Waals surface area contributed by atoms with Crippen molar-refractivity contribution in [1.29, 1.82) is 0 Å². The molecule has 0 aromatic heterocycles. The molecule has 0 spiro atoms. The Morgan fingerprint density at radius 3 is 2.40 bits per heavy atom. The molecule has 0 unspecified atom stereocenters. The van der Waals surface area contributed by atoms with Gasteiger partial charge in [-0.1, -0.05) is 19.8 Å². The topological polar surface area (TPSA) is 26.0 Å². The van der Waals surface area contributed by atoms with E-state index in [9.17, 15) is 0 Å². The van der Waals surface area contributed by atoms with E-state index in [-0.39, 0.29) is 17.9 Å². The van der Waals surface area contributed by atoms with Crippen molar-refractivity contribution in [2.45, 2.75) is 45.1 Å². The van der Waals surface area contributed by atoms with Crippen LogP contribution in [-0.2, 0) is 0 Å². The summed E-state index contributed by atoms with van der Waals surface area (Å²) in [5.74, 6) is 0.855. The lowest BCUT2D eigenvalue weighted by Gasteiger charge is -2.33. The smallest absolute Gasteiger partial charge is 0.0128 e. The molecule has 0 heterocycles. The van der Waals surface area contributed by atoms with E-state index in [1.807, 2.05) is 0 Å². The minimum absolute atomic E-state index is 0. The minimum Gasteiger partial charge on any atom is -0.325 e. The molecule has 0 aromatic rings. The fraction of sp³-hybridized carbons (Fsp3) is 1.00. The van der Waals surface area contributed by atoms with Crippen LogP contribution in [0, 0.1) is 5.92 Å². The summed E-state index contributed by atoms with van der Waals surface area (Å²) in [6.07, 6.45) is 5.14. The van der Waals surface area contributed by atoms with Crippen LogP contribution < -0.4 is 5.73 Å². The molecule has 0 amide bonds. The lowest BCUT2D eigenvalue weighted by molar-refractivity contribution is 0.256. The fourth-order valence-electron chi connectivity index (χ4n) is 1.85. The van der Waals surface area contributed by atoms with Crippen LogP contribution in [0.3, 0.4) is 0 Å². The highest BCUT2D eigenvalue weighted by atomic mass is 35.5. The second-order valence-corrected chi connectivity index (χ2v) is 3.86. The maximum Gasteiger partial charge on any atom is 0.0128 e. The van der Waals surface area contributed by atoms with Crippen molar-refractivity contribution in [1.82, 2.24) is 0 Å². The normalized spacial score (nSPS) is 40.5. The van der Waals surface area contributed by atoms with Gasteiger partial charge < -0.3 is 5.73 Å². The van der Waals surface area contributed by atoms with Gasteiger partial charge in [-0.2, -0.15) is 0 Å². The van der Waals surface area contributed by atoms with Crippen LogP contribution in [0.5, 0.6) is 0 Å². The predicted molar refractivity (Wildman–Crippen MR) is 47.5 cm³/mol. The summed E-state index contributed by atoms with van der Waals surface area (Å²) in [5.41, 5.74) is 6.12. The highest BCUT2D eigenvalue weighted by molar-refractivity contribution is 5.85. The van der Waals surface area contributed by atoms with Crippen LogP contribution in [0.2, 0.25) is 0 Å². The van der Waals surface area contributed by atoms with Crippen LogP contribution in [0.4, 0.5) is 0 Å². The van der Waals surface area contributed by atoms with Crippen molar-refractivity contribution in [3.05, 3.63) is 0 Å². The van der Waals surface area contributed by atoms with Crippen molar-refractivity contribution in [3.63, 3.8) is 0 Å². The number of nitrogens with two attached hydrogens (primary N) is 1. The Bertz CT molecular complexity index is 101. The Morgan fingerprint density at radius 2 is 2.10 bits per heavy atom. The summed E-state index contributed by atoms with van der Waals surface area (Å²) in [6, 6.07) is 0. The van der Waals surface area contributed by atoms with Gasteiger partial charge in [0.25, 0.3) is 0 Å². The van der Waals surface area contributed by atoms with E-state index >= 15 is 0 Å². The highest BCUT2D eigenvalue weighted by Crippen LogP contribution is 2.29. The van der Waals surface area contributed by atoms with Crippen LogP contribution in [0.15, 0.2) is 0 Å². The Hall–Kier alpha value is 0.250. The lowest BCUT2D eigenvalue weighted by Crippen LogP contribution is -2.40. The van der Waals surface area contributed by atoms with Crippen molar-refractivity contribution < 1.29 is 0 Å². The van der Waals surface area contributed by atoms with Crippen molar-refractivity contribution in [2.75, 3.05) is 0 Å². The first-order valence-electron chi connectivity index (χ1n) is 3.89. The molecule has 1 rings (SSSR count). The van der Waals surface area contributed by atoms with E-state index in [4.69, 9.17) is 5.73 Å². The number of hydrogen-bond donors (Lipinski definition) is 1. The zero-order chi connectivity index (χ0) is 6.91. The summed E-state index contributed by atoms with van der Waals surface area (Å²) in [5, 5.41) is 0. The molecule has 0 bridgehead atoms. The summed E-state index contributed by atoms with van der Waals surface area (Å²) in [7, 11) is 0. The molecular weight excluding hydrogens is 146 g/mol. The van der Waals surface area contributed by atoms with E-state index in [1.165, 1.54) is 25.7 Å². The van der Waals surface area contributed by atoms with Crippen molar-refractivity contribution in [3.8, 4) is 0 Å². The fourth-order valence-corrected chi connectivity index (χ4v) is 1.85. The lowest BCUT2D eigenvalue weighted by atomic mass is 9.78. The van der Waals surface area contributed by atoms with Gasteiger partial charge in [0.05, 0.1) is 0 Å². The third-order valence-electron chi connectivity index (χ3n) is 2.26. The first kappa shape index (κ1) is 10.2. The maximum absolute atomic E-state index is 5.97. The Morgan fingerprint density at radius 1 is 1.50 bits per heavy atom. The summed E-state index contributed by atoms with van der Waals surface area (Å²) in [4.78, 5) is 0.